The Morgan fingerprint density at radius 1 is 1.33 bits per heavy atom. The summed E-state index contributed by atoms with van der Waals surface area (Å²) in [6.07, 6.45) is 0.289. The summed E-state index contributed by atoms with van der Waals surface area (Å²) in [5.74, 6) is 0. The van der Waals surface area contributed by atoms with Crippen LogP contribution in [0, 0.1) is 6.92 Å². The molecule has 1 rings (SSSR count). The highest BCUT2D eigenvalue weighted by molar-refractivity contribution is 6.67. The van der Waals surface area contributed by atoms with Crippen molar-refractivity contribution in [2.45, 2.75) is 17.1 Å². The van der Waals surface area contributed by atoms with Crippen molar-refractivity contribution in [2.75, 3.05) is 0 Å². The fraction of sp³-hybridized carbons (Fsp3) is 0.273. The minimum absolute atomic E-state index is 0.289. The highest BCUT2D eigenvalue weighted by Gasteiger charge is 2.21. The second-order valence-electron chi connectivity index (χ2n) is 3.36. The zero-order valence-electron chi connectivity index (χ0n) is 8.16. The van der Waals surface area contributed by atoms with Crippen LogP contribution in [0.25, 0.3) is 5.57 Å². The Hall–Kier alpha value is 0.120. The summed E-state index contributed by atoms with van der Waals surface area (Å²) in [5, 5.41) is 0.693. The lowest BCUT2D eigenvalue weighted by Crippen LogP contribution is -2.02. The lowest BCUT2D eigenvalue weighted by atomic mass is 10.0. The molecule has 4 heteroatoms. The molecule has 0 aliphatic rings. The molecule has 0 saturated heterocycles. The van der Waals surface area contributed by atoms with Gasteiger partial charge in [-0.05, 0) is 29.7 Å². The van der Waals surface area contributed by atoms with E-state index in [1.165, 1.54) is 0 Å². The summed E-state index contributed by atoms with van der Waals surface area (Å²) < 4.78 is -1.31. The Morgan fingerprint density at radius 3 is 2.40 bits per heavy atom. The summed E-state index contributed by atoms with van der Waals surface area (Å²) in [4.78, 5) is 0. The van der Waals surface area contributed by atoms with Gasteiger partial charge in [-0.2, -0.15) is 0 Å². The van der Waals surface area contributed by atoms with Crippen molar-refractivity contribution in [1.82, 2.24) is 0 Å². The largest absolute Gasteiger partial charge is 0.194 e. The summed E-state index contributed by atoms with van der Waals surface area (Å²) in [6.45, 7) is 5.80. The van der Waals surface area contributed by atoms with Gasteiger partial charge in [0.15, 0.2) is 3.79 Å². The SMILES string of the molecule is C=C(CC(Cl)(Cl)Cl)c1ccc(C)c(Cl)c1. The van der Waals surface area contributed by atoms with Crippen molar-refractivity contribution >= 4 is 52.0 Å². The van der Waals surface area contributed by atoms with Crippen molar-refractivity contribution in [2.24, 2.45) is 0 Å². The molecule has 82 valence electrons. The molecule has 0 amide bonds. The first-order chi connectivity index (χ1) is 6.79. The summed E-state index contributed by atoms with van der Waals surface area (Å²) >= 11 is 23.0. The minimum Gasteiger partial charge on any atom is -0.0951 e. The maximum Gasteiger partial charge on any atom is 0.194 e. The maximum atomic E-state index is 5.99. The summed E-state index contributed by atoms with van der Waals surface area (Å²) in [6, 6.07) is 5.66. The number of halogens is 4. The van der Waals surface area contributed by atoms with Crippen molar-refractivity contribution in [3.8, 4) is 0 Å². The van der Waals surface area contributed by atoms with E-state index in [9.17, 15) is 0 Å². The number of aryl methyl sites for hydroxylation is 1. The van der Waals surface area contributed by atoms with Gasteiger partial charge in [-0.25, -0.2) is 0 Å². The van der Waals surface area contributed by atoms with Crippen molar-refractivity contribution in [3.05, 3.63) is 40.9 Å². The zero-order chi connectivity index (χ0) is 11.6. The van der Waals surface area contributed by atoms with E-state index >= 15 is 0 Å². The second kappa shape index (κ2) is 4.97. The van der Waals surface area contributed by atoms with Gasteiger partial charge in [0.25, 0.3) is 0 Å². The molecule has 0 nitrogen and oxygen atoms in total. The predicted molar refractivity (Wildman–Crippen MR) is 70.1 cm³/mol. The normalized spacial score (nSPS) is 11.5. The van der Waals surface area contributed by atoms with Gasteiger partial charge >= 0.3 is 0 Å². The first-order valence-electron chi connectivity index (χ1n) is 4.30. The van der Waals surface area contributed by atoms with Crippen LogP contribution < -0.4 is 0 Å². The van der Waals surface area contributed by atoms with Crippen molar-refractivity contribution in [3.63, 3.8) is 0 Å². The molecule has 0 aliphatic carbocycles. The van der Waals surface area contributed by atoms with Gasteiger partial charge in [0.05, 0.1) is 0 Å². The van der Waals surface area contributed by atoms with E-state index in [2.05, 4.69) is 6.58 Å². The molecule has 1 aromatic carbocycles. The van der Waals surface area contributed by atoms with Crippen LogP contribution in [0.2, 0.25) is 5.02 Å². The number of benzene rings is 1. The molecular weight excluding hydrogens is 274 g/mol. The van der Waals surface area contributed by atoms with Crippen LogP contribution in [0.5, 0.6) is 0 Å². The number of allylic oxidation sites excluding steroid dienone is 1. The Bertz CT molecular complexity index is 377. The maximum absolute atomic E-state index is 5.99. The van der Waals surface area contributed by atoms with E-state index in [-0.39, 0.29) is 6.42 Å². The highest BCUT2D eigenvalue weighted by atomic mass is 35.6. The van der Waals surface area contributed by atoms with E-state index in [0.717, 1.165) is 16.7 Å². The topological polar surface area (TPSA) is 0 Å². The predicted octanol–water partition coefficient (Wildman–Crippen LogP) is 5.42. The Labute approximate surface area is 110 Å². The summed E-state index contributed by atoms with van der Waals surface area (Å²) in [7, 11) is 0. The third-order valence-corrected chi connectivity index (χ3v) is 2.80. The van der Waals surface area contributed by atoms with Gasteiger partial charge in [0.2, 0.25) is 0 Å². The molecule has 0 atom stereocenters. The van der Waals surface area contributed by atoms with Gasteiger partial charge in [0, 0.05) is 11.4 Å². The molecule has 0 fully saturated rings. The molecule has 15 heavy (non-hydrogen) atoms. The number of hydrogen-bond donors (Lipinski definition) is 0. The molecule has 0 spiro atoms. The van der Waals surface area contributed by atoms with E-state index in [4.69, 9.17) is 46.4 Å². The molecule has 0 saturated carbocycles. The first kappa shape index (κ1) is 13.2. The van der Waals surface area contributed by atoms with Crippen LogP contribution in [0.4, 0.5) is 0 Å². The van der Waals surface area contributed by atoms with Crippen LogP contribution >= 0.6 is 46.4 Å². The van der Waals surface area contributed by atoms with Crippen LogP contribution in [-0.2, 0) is 0 Å². The molecule has 0 unspecified atom stereocenters. The molecule has 0 bridgehead atoms. The van der Waals surface area contributed by atoms with E-state index in [1.54, 1.807) is 0 Å². The average Bonchev–Trinajstić information content (AvgIpc) is 2.06. The van der Waals surface area contributed by atoms with Gasteiger partial charge in [-0.1, -0.05) is 65.1 Å². The second-order valence-corrected chi connectivity index (χ2v) is 6.28. The van der Waals surface area contributed by atoms with Crippen LogP contribution in [-0.4, -0.2) is 3.79 Å². The molecular formula is C11H10Cl4. The molecule has 0 aromatic heterocycles. The van der Waals surface area contributed by atoms with Gasteiger partial charge in [-0.3, -0.25) is 0 Å². The van der Waals surface area contributed by atoms with E-state index < -0.39 is 3.79 Å². The Morgan fingerprint density at radius 2 is 1.93 bits per heavy atom. The lowest BCUT2D eigenvalue weighted by molar-refractivity contribution is 1.10. The molecule has 1 aromatic rings. The fourth-order valence-electron chi connectivity index (χ4n) is 1.16. The fourth-order valence-corrected chi connectivity index (χ4v) is 1.82. The van der Waals surface area contributed by atoms with Gasteiger partial charge in [-0.15, -0.1) is 0 Å². The third kappa shape index (κ3) is 4.24. The van der Waals surface area contributed by atoms with Crippen LogP contribution in [0.15, 0.2) is 24.8 Å². The Kier molecular flexibility index (Phi) is 4.37. The van der Waals surface area contributed by atoms with Crippen LogP contribution in [0.1, 0.15) is 17.5 Å². The van der Waals surface area contributed by atoms with Gasteiger partial charge in [0.1, 0.15) is 0 Å². The van der Waals surface area contributed by atoms with E-state index in [0.29, 0.717) is 5.02 Å². The highest BCUT2D eigenvalue weighted by Crippen LogP contribution is 2.36. The molecule has 0 N–H and O–H groups in total. The summed E-state index contributed by atoms with van der Waals surface area (Å²) in [5.41, 5.74) is 2.68. The molecule has 0 heterocycles. The smallest absolute Gasteiger partial charge is 0.0951 e. The van der Waals surface area contributed by atoms with Crippen LogP contribution in [0.3, 0.4) is 0 Å². The minimum atomic E-state index is -1.31. The number of hydrogen-bond acceptors (Lipinski definition) is 0. The molecule has 0 aliphatic heterocycles. The zero-order valence-corrected chi connectivity index (χ0v) is 11.2. The Balaban J connectivity index is 2.88. The van der Waals surface area contributed by atoms with Crippen molar-refractivity contribution < 1.29 is 0 Å². The lowest BCUT2D eigenvalue weighted by Gasteiger charge is -2.13. The number of alkyl halides is 3. The quantitative estimate of drug-likeness (QED) is 0.636. The third-order valence-electron chi connectivity index (χ3n) is 1.99. The molecule has 0 radical (unpaired) electrons. The first-order valence-corrected chi connectivity index (χ1v) is 5.82. The average molecular weight is 284 g/mol. The van der Waals surface area contributed by atoms with Crippen molar-refractivity contribution in [1.29, 1.82) is 0 Å². The monoisotopic (exact) mass is 282 g/mol. The van der Waals surface area contributed by atoms with E-state index in [1.807, 2.05) is 25.1 Å². The standard InChI is InChI=1S/C11H10Cl4/c1-7-3-4-9(5-10(7)12)8(2)6-11(13,14)15/h3-5H,2,6H2,1H3. The number of rotatable bonds is 2. The van der Waals surface area contributed by atoms with Gasteiger partial charge < -0.3 is 0 Å².